The average Bonchev–Trinajstić information content (AvgIpc) is 2.26. The van der Waals surface area contributed by atoms with Crippen LogP contribution in [0.1, 0.15) is 17.2 Å². The van der Waals surface area contributed by atoms with Crippen LogP contribution in [0.5, 0.6) is 0 Å². The first-order valence-corrected chi connectivity index (χ1v) is 4.48. The van der Waals surface area contributed by atoms with Gasteiger partial charge in [-0.3, -0.25) is 10.1 Å². The van der Waals surface area contributed by atoms with Crippen LogP contribution in [0.4, 0.5) is 5.69 Å². The minimum atomic E-state index is -1.63. The minimum absolute atomic E-state index is 0.0585. The Morgan fingerprint density at radius 3 is 2.69 bits per heavy atom. The van der Waals surface area contributed by atoms with Gasteiger partial charge in [0.25, 0.3) is 5.69 Å². The van der Waals surface area contributed by atoms with Crippen molar-refractivity contribution in [2.75, 3.05) is 7.11 Å². The second kappa shape index (κ2) is 4.71. The van der Waals surface area contributed by atoms with Crippen molar-refractivity contribution in [3.05, 3.63) is 39.4 Å². The van der Waals surface area contributed by atoms with E-state index in [1.165, 1.54) is 25.1 Å². The molecule has 0 saturated heterocycles. The highest BCUT2D eigenvalue weighted by Crippen LogP contribution is 2.28. The van der Waals surface area contributed by atoms with Crippen molar-refractivity contribution >= 4 is 11.7 Å². The molecule has 86 valence electrons. The van der Waals surface area contributed by atoms with Gasteiger partial charge in [0.2, 0.25) is 0 Å². The number of nitrogens with zero attached hydrogens (tertiary/aromatic N) is 1. The van der Waals surface area contributed by atoms with E-state index in [1.54, 1.807) is 0 Å². The summed E-state index contributed by atoms with van der Waals surface area (Å²) in [5.41, 5.74) is 0.0581. The molecule has 0 fully saturated rings. The fraction of sp³-hybridized carbons (Fsp3) is 0.300. The van der Waals surface area contributed by atoms with Gasteiger partial charge in [0.15, 0.2) is 6.10 Å². The summed E-state index contributed by atoms with van der Waals surface area (Å²) in [5, 5.41) is 20.4. The highest BCUT2D eigenvalue weighted by atomic mass is 16.6. The van der Waals surface area contributed by atoms with Crippen molar-refractivity contribution in [1.29, 1.82) is 0 Å². The zero-order valence-corrected chi connectivity index (χ0v) is 8.84. The molecule has 1 rings (SSSR count). The highest BCUT2D eigenvalue weighted by Gasteiger charge is 2.27. The van der Waals surface area contributed by atoms with E-state index >= 15 is 0 Å². The van der Waals surface area contributed by atoms with E-state index < -0.39 is 17.0 Å². The third-order valence-electron chi connectivity index (χ3n) is 2.17. The molecule has 0 bridgehead atoms. The predicted octanol–water partition coefficient (Wildman–Crippen LogP) is 1.11. The molecular weight excluding hydrogens is 214 g/mol. The Morgan fingerprint density at radius 2 is 2.19 bits per heavy atom. The Morgan fingerprint density at radius 1 is 1.56 bits per heavy atom. The van der Waals surface area contributed by atoms with E-state index in [2.05, 4.69) is 4.74 Å². The number of ether oxygens (including phenoxy) is 1. The second-order valence-corrected chi connectivity index (χ2v) is 3.20. The van der Waals surface area contributed by atoms with E-state index in [-0.39, 0.29) is 11.3 Å². The second-order valence-electron chi connectivity index (χ2n) is 3.20. The molecule has 0 heterocycles. The topological polar surface area (TPSA) is 89.7 Å². The number of rotatable bonds is 3. The number of aryl methyl sites for hydroxylation is 1. The molecule has 0 radical (unpaired) electrons. The fourth-order valence-corrected chi connectivity index (χ4v) is 1.39. The van der Waals surface area contributed by atoms with Crippen LogP contribution in [0.2, 0.25) is 0 Å². The summed E-state index contributed by atoms with van der Waals surface area (Å²) in [6.45, 7) is 1.53. The normalized spacial score (nSPS) is 11.9. The quantitative estimate of drug-likeness (QED) is 0.472. The largest absolute Gasteiger partial charge is 0.467 e. The van der Waals surface area contributed by atoms with Crippen molar-refractivity contribution in [1.82, 2.24) is 0 Å². The van der Waals surface area contributed by atoms with Crippen molar-refractivity contribution in [2.45, 2.75) is 13.0 Å². The van der Waals surface area contributed by atoms with Gasteiger partial charge in [-0.25, -0.2) is 4.79 Å². The molecule has 0 aromatic heterocycles. The SMILES string of the molecule is COC(=O)C(O)c1cccc(C)c1[N+](=O)[O-]. The lowest BCUT2D eigenvalue weighted by molar-refractivity contribution is -0.386. The Balaban J connectivity index is 3.28. The van der Waals surface area contributed by atoms with Gasteiger partial charge in [-0.15, -0.1) is 0 Å². The van der Waals surface area contributed by atoms with Crippen LogP contribution in [-0.2, 0) is 9.53 Å². The molecular formula is C10H11NO5. The third kappa shape index (κ3) is 2.17. The number of carbonyl (C=O) groups is 1. The van der Waals surface area contributed by atoms with Gasteiger partial charge in [-0.05, 0) is 13.0 Å². The first kappa shape index (κ1) is 12.1. The number of aliphatic hydroxyl groups is 1. The smallest absolute Gasteiger partial charge is 0.339 e. The molecule has 6 nitrogen and oxygen atoms in total. The Labute approximate surface area is 91.6 Å². The lowest BCUT2D eigenvalue weighted by atomic mass is 10.0. The number of carbonyl (C=O) groups excluding carboxylic acids is 1. The number of aliphatic hydroxyl groups excluding tert-OH is 1. The standard InChI is InChI=1S/C10H11NO5/c1-6-4-3-5-7(8(6)11(14)15)9(12)10(13)16-2/h3-5,9,12H,1-2H3. The first-order valence-electron chi connectivity index (χ1n) is 4.48. The molecule has 16 heavy (non-hydrogen) atoms. The number of nitro groups is 1. The molecule has 0 saturated carbocycles. The van der Waals surface area contributed by atoms with Crippen molar-refractivity contribution < 1.29 is 19.6 Å². The van der Waals surface area contributed by atoms with Crippen LogP contribution in [0.3, 0.4) is 0 Å². The van der Waals surface area contributed by atoms with Crippen molar-refractivity contribution in [3.63, 3.8) is 0 Å². The van der Waals surface area contributed by atoms with Gasteiger partial charge in [0, 0.05) is 5.56 Å². The number of benzene rings is 1. The van der Waals surface area contributed by atoms with Crippen LogP contribution < -0.4 is 0 Å². The zero-order chi connectivity index (χ0) is 12.3. The maximum atomic E-state index is 11.1. The van der Waals surface area contributed by atoms with Gasteiger partial charge in [-0.2, -0.15) is 0 Å². The van der Waals surface area contributed by atoms with Crippen LogP contribution in [-0.4, -0.2) is 23.1 Å². The zero-order valence-electron chi connectivity index (χ0n) is 8.84. The van der Waals surface area contributed by atoms with Crippen molar-refractivity contribution in [2.24, 2.45) is 0 Å². The van der Waals surface area contributed by atoms with Gasteiger partial charge in [-0.1, -0.05) is 12.1 Å². The number of para-hydroxylation sites is 1. The third-order valence-corrected chi connectivity index (χ3v) is 2.17. The number of nitro benzene ring substituents is 1. The fourth-order valence-electron chi connectivity index (χ4n) is 1.39. The van der Waals surface area contributed by atoms with E-state index in [4.69, 9.17) is 0 Å². The molecule has 0 aliphatic heterocycles. The van der Waals surface area contributed by atoms with Crippen LogP contribution in [0, 0.1) is 17.0 Å². The van der Waals surface area contributed by atoms with Gasteiger partial charge < -0.3 is 9.84 Å². The molecule has 1 aromatic rings. The van der Waals surface area contributed by atoms with Crippen LogP contribution in [0.25, 0.3) is 0 Å². The Hall–Kier alpha value is -1.95. The molecule has 1 N–H and O–H groups in total. The molecule has 0 spiro atoms. The van der Waals surface area contributed by atoms with E-state index in [0.29, 0.717) is 5.56 Å². The summed E-state index contributed by atoms with van der Waals surface area (Å²) >= 11 is 0. The molecule has 0 amide bonds. The molecule has 1 atom stereocenters. The number of esters is 1. The Kier molecular flexibility index (Phi) is 3.57. The molecule has 0 aliphatic carbocycles. The summed E-state index contributed by atoms with van der Waals surface area (Å²) < 4.78 is 4.33. The van der Waals surface area contributed by atoms with Gasteiger partial charge in [0.05, 0.1) is 17.6 Å². The first-order chi connectivity index (χ1) is 7.49. The summed E-state index contributed by atoms with van der Waals surface area (Å²) in [6, 6.07) is 4.39. The maximum absolute atomic E-state index is 11.1. The number of methoxy groups -OCH3 is 1. The summed E-state index contributed by atoms with van der Waals surface area (Å²) in [4.78, 5) is 21.3. The van der Waals surface area contributed by atoms with Crippen LogP contribution >= 0.6 is 0 Å². The summed E-state index contributed by atoms with van der Waals surface area (Å²) in [6.07, 6.45) is -1.63. The maximum Gasteiger partial charge on any atom is 0.339 e. The lowest BCUT2D eigenvalue weighted by Crippen LogP contribution is -2.15. The van der Waals surface area contributed by atoms with Gasteiger partial charge >= 0.3 is 5.97 Å². The molecule has 0 aliphatic rings. The number of hydrogen-bond donors (Lipinski definition) is 1. The predicted molar refractivity (Wildman–Crippen MR) is 54.8 cm³/mol. The highest BCUT2D eigenvalue weighted by molar-refractivity contribution is 5.78. The molecule has 1 aromatic carbocycles. The minimum Gasteiger partial charge on any atom is -0.467 e. The lowest BCUT2D eigenvalue weighted by Gasteiger charge is -2.10. The monoisotopic (exact) mass is 225 g/mol. The van der Waals surface area contributed by atoms with E-state index in [9.17, 15) is 20.0 Å². The van der Waals surface area contributed by atoms with Crippen molar-refractivity contribution in [3.8, 4) is 0 Å². The molecule has 6 heteroatoms. The van der Waals surface area contributed by atoms with E-state index in [1.807, 2.05) is 0 Å². The Bertz CT molecular complexity index is 429. The summed E-state index contributed by atoms with van der Waals surface area (Å²) in [7, 11) is 1.10. The average molecular weight is 225 g/mol. The number of hydrogen-bond acceptors (Lipinski definition) is 5. The van der Waals surface area contributed by atoms with Crippen LogP contribution in [0.15, 0.2) is 18.2 Å². The molecule has 1 unspecified atom stereocenters. The van der Waals surface area contributed by atoms with E-state index in [0.717, 1.165) is 7.11 Å². The summed E-state index contributed by atoms with van der Waals surface area (Å²) in [5.74, 6) is -0.922. The van der Waals surface area contributed by atoms with Gasteiger partial charge in [0.1, 0.15) is 0 Å².